The molecule has 0 bridgehead atoms. The van der Waals surface area contributed by atoms with Crippen molar-refractivity contribution in [1.29, 1.82) is 0 Å². The number of halogens is 2. The number of aryl methyl sites for hydroxylation is 2. The smallest absolute Gasteiger partial charge is 0.252 e. The van der Waals surface area contributed by atoms with Crippen LogP contribution in [0.15, 0.2) is 12.1 Å². The van der Waals surface area contributed by atoms with Crippen LogP contribution >= 0.6 is 23.2 Å². The average Bonchev–Trinajstić information content (AvgIpc) is 2.54. The Kier molecular flexibility index (Phi) is 4.32. The molecule has 0 unspecified atom stereocenters. The molecule has 6 heteroatoms. The quantitative estimate of drug-likeness (QED) is 0.492. The van der Waals surface area contributed by atoms with Gasteiger partial charge in [0.25, 0.3) is 5.79 Å². The Morgan fingerprint density at radius 2 is 1.10 bits per heavy atom. The molecule has 0 fully saturated rings. The van der Waals surface area contributed by atoms with Crippen LogP contribution < -0.4 is 9.47 Å². The van der Waals surface area contributed by atoms with Gasteiger partial charge in [0.15, 0.2) is 0 Å². The summed E-state index contributed by atoms with van der Waals surface area (Å²) in [6.07, 6.45) is 1.10. The molecule has 0 aromatic heterocycles. The summed E-state index contributed by atoms with van der Waals surface area (Å²) in [6.45, 7) is 11.9. The Morgan fingerprint density at radius 3 is 1.45 bits per heavy atom. The third-order valence-corrected chi connectivity index (χ3v) is 6.89. The molecule has 0 atom stereocenters. The summed E-state index contributed by atoms with van der Waals surface area (Å²) < 4.78 is 13.0. The number of hydrogen-bond donors (Lipinski definition) is 2. The lowest BCUT2D eigenvalue weighted by molar-refractivity contribution is -0.166. The van der Waals surface area contributed by atoms with Gasteiger partial charge in [-0.1, -0.05) is 50.9 Å². The molecule has 2 aliphatic heterocycles. The normalized spacial score (nSPS) is 20.4. The first-order chi connectivity index (χ1) is 13.3. The highest BCUT2D eigenvalue weighted by Crippen LogP contribution is 2.58. The molecule has 4 rings (SSSR count). The lowest BCUT2D eigenvalue weighted by Crippen LogP contribution is -2.55. The van der Waals surface area contributed by atoms with E-state index < -0.39 is 5.79 Å². The number of rotatable bonds is 0. The SMILES string of the molecule is Cc1cc2c(c(Cl)c1O)C(C)(C)CC1(CC(C)(C)c3c(cc(C)c(O)c3Cl)O1)O2. The van der Waals surface area contributed by atoms with Crippen molar-refractivity contribution < 1.29 is 19.7 Å². The minimum atomic E-state index is -0.910. The first kappa shape index (κ1) is 20.5. The van der Waals surface area contributed by atoms with E-state index in [9.17, 15) is 10.2 Å². The highest BCUT2D eigenvalue weighted by molar-refractivity contribution is 6.33. The number of fused-ring (bicyclic) bond motifs is 2. The van der Waals surface area contributed by atoms with Crippen molar-refractivity contribution in [2.45, 2.75) is 71.0 Å². The first-order valence-corrected chi connectivity index (χ1v) is 10.5. The molecule has 4 nitrogen and oxygen atoms in total. The van der Waals surface area contributed by atoms with Crippen molar-refractivity contribution in [1.82, 2.24) is 0 Å². The molecule has 0 saturated heterocycles. The summed E-state index contributed by atoms with van der Waals surface area (Å²) >= 11 is 13.0. The van der Waals surface area contributed by atoms with Crippen molar-refractivity contribution in [3.05, 3.63) is 44.4 Å². The summed E-state index contributed by atoms with van der Waals surface area (Å²) in [6, 6.07) is 3.64. The minimum Gasteiger partial charge on any atom is -0.506 e. The second-order valence-electron chi connectivity index (χ2n) is 9.69. The number of phenols is 2. The monoisotopic (exact) mass is 436 g/mol. The Balaban J connectivity index is 1.90. The van der Waals surface area contributed by atoms with Gasteiger partial charge in [-0.2, -0.15) is 0 Å². The fraction of sp³-hybridized carbons (Fsp3) is 0.478. The number of ether oxygens (including phenoxy) is 2. The Bertz CT molecular complexity index is 957. The fourth-order valence-corrected chi connectivity index (χ4v) is 6.04. The van der Waals surface area contributed by atoms with E-state index in [1.165, 1.54) is 0 Å². The molecule has 2 N–H and O–H groups in total. The van der Waals surface area contributed by atoms with Crippen LogP contribution in [-0.2, 0) is 10.8 Å². The van der Waals surface area contributed by atoms with Crippen LogP contribution in [0.3, 0.4) is 0 Å². The Morgan fingerprint density at radius 1 is 0.759 bits per heavy atom. The van der Waals surface area contributed by atoms with Crippen molar-refractivity contribution in [2.24, 2.45) is 0 Å². The van der Waals surface area contributed by atoms with E-state index in [2.05, 4.69) is 27.7 Å². The van der Waals surface area contributed by atoms with Gasteiger partial charge in [0.05, 0.1) is 10.0 Å². The molecule has 29 heavy (non-hydrogen) atoms. The lowest BCUT2D eigenvalue weighted by atomic mass is 9.69. The largest absolute Gasteiger partial charge is 0.506 e. The molecule has 2 aromatic carbocycles. The van der Waals surface area contributed by atoms with Gasteiger partial charge in [-0.3, -0.25) is 0 Å². The molecule has 0 amide bonds. The number of benzene rings is 2. The predicted molar refractivity (Wildman–Crippen MR) is 115 cm³/mol. The molecular weight excluding hydrogens is 411 g/mol. The predicted octanol–water partition coefficient (Wildman–Crippen LogP) is 6.54. The standard InChI is InChI=1S/C23H26Cl2O4/c1-11-7-13-15(17(24)19(11)26)21(3,4)9-23(28-13)10-22(5,6)16-14(29-23)8-12(2)20(27)18(16)25/h7-8,26-27H,9-10H2,1-6H3. The maximum Gasteiger partial charge on any atom is 0.252 e. The van der Waals surface area contributed by atoms with E-state index in [0.717, 1.165) is 11.1 Å². The second kappa shape index (κ2) is 6.12. The van der Waals surface area contributed by atoms with Crippen molar-refractivity contribution in [3.8, 4) is 23.0 Å². The number of aromatic hydroxyl groups is 2. The van der Waals surface area contributed by atoms with Gasteiger partial charge in [0.1, 0.15) is 23.0 Å². The third kappa shape index (κ3) is 2.95. The van der Waals surface area contributed by atoms with Gasteiger partial charge in [0, 0.05) is 34.8 Å². The first-order valence-electron chi connectivity index (χ1n) is 9.71. The highest BCUT2D eigenvalue weighted by atomic mass is 35.5. The van der Waals surface area contributed by atoms with Gasteiger partial charge >= 0.3 is 0 Å². The summed E-state index contributed by atoms with van der Waals surface area (Å²) in [4.78, 5) is 0. The summed E-state index contributed by atoms with van der Waals surface area (Å²) in [5.74, 6) is 0.522. The molecule has 0 saturated carbocycles. The van der Waals surface area contributed by atoms with Crippen LogP contribution in [0.2, 0.25) is 10.0 Å². The van der Waals surface area contributed by atoms with Crippen LogP contribution in [0.4, 0.5) is 0 Å². The van der Waals surface area contributed by atoms with E-state index in [4.69, 9.17) is 32.7 Å². The van der Waals surface area contributed by atoms with Gasteiger partial charge in [-0.05, 0) is 37.1 Å². The van der Waals surface area contributed by atoms with Crippen LogP contribution in [0.1, 0.15) is 62.8 Å². The van der Waals surface area contributed by atoms with Crippen molar-refractivity contribution >= 4 is 23.2 Å². The molecule has 156 valence electrons. The van der Waals surface area contributed by atoms with E-state index >= 15 is 0 Å². The molecule has 2 aromatic rings. The van der Waals surface area contributed by atoms with E-state index in [-0.39, 0.29) is 22.3 Å². The number of hydrogen-bond acceptors (Lipinski definition) is 4. The average molecular weight is 437 g/mol. The lowest BCUT2D eigenvalue weighted by Gasteiger charge is -2.51. The highest BCUT2D eigenvalue weighted by Gasteiger charge is 2.54. The zero-order valence-electron chi connectivity index (χ0n) is 17.5. The third-order valence-electron chi connectivity index (χ3n) is 6.16. The zero-order chi connectivity index (χ0) is 21.5. The molecule has 0 aliphatic carbocycles. The summed E-state index contributed by atoms with van der Waals surface area (Å²) in [7, 11) is 0. The zero-order valence-corrected chi connectivity index (χ0v) is 19.0. The summed E-state index contributed by atoms with van der Waals surface area (Å²) in [5.41, 5.74) is 2.11. The fourth-order valence-electron chi connectivity index (χ4n) is 5.05. The van der Waals surface area contributed by atoms with Gasteiger partial charge < -0.3 is 19.7 Å². The molecule has 2 aliphatic rings. The maximum absolute atomic E-state index is 10.3. The Labute approximate surface area is 181 Å². The van der Waals surface area contributed by atoms with Crippen molar-refractivity contribution in [2.75, 3.05) is 0 Å². The van der Waals surface area contributed by atoms with Crippen molar-refractivity contribution in [3.63, 3.8) is 0 Å². The van der Waals surface area contributed by atoms with Gasteiger partial charge in [0.2, 0.25) is 0 Å². The van der Waals surface area contributed by atoms with E-state index in [1.54, 1.807) is 13.8 Å². The van der Waals surface area contributed by atoms with Crippen LogP contribution in [-0.4, -0.2) is 16.0 Å². The van der Waals surface area contributed by atoms with Gasteiger partial charge in [-0.15, -0.1) is 0 Å². The van der Waals surface area contributed by atoms with Crippen LogP contribution in [0.25, 0.3) is 0 Å². The topological polar surface area (TPSA) is 58.9 Å². The maximum atomic E-state index is 10.3. The van der Waals surface area contributed by atoms with Crippen LogP contribution in [0, 0.1) is 13.8 Å². The molecule has 0 radical (unpaired) electrons. The Hall–Kier alpha value is -1.78. The minimum absolute atomic E-state index is 0.0890. The molecular formula is C23H26Cl2O4. The second-order valence-corrected chi connectivity index (χ2v) is 10.5. The molecule has 2 heterocycles. The van der Waals surface area contributed by atoms with E-state index in [1.807, 2.05) is 12.1 Å². The molecule has 1 spiro atoms. The summed E-state index contributed by atoms with van der Waals surface area (Å²) in [5, 5.41) is 21.3. The van der Waals surface area contributed by atoms with E-state index in [0.29, 0.717) is 45.5 Å². The number of phenolic OH excluding ortho intramolecular Hbond substituents is 2. The van der Waals surface area contributed by atoms with Crippen LogP contribution in [0.5, 0.6) is 23.0 Å². The van der Waals surface area contributed by atoms with Gasteiger partial charge in [-0.25, -0.2) is 0 Å².